The van der Waals surface area contributed by atoms with E-state index in [1.165, 1.54) is 6.92 Å². The van der Waals surface area contributed by atoms with Gasteiger partial charge in [0.15, 0.2) is 16.0 Å². The molecule has 0 saturated carbocycles. The maximum atomic E-state index is 12.8. The highest BCUT2D eigenvalue weighted by atomic mass is 32.2. The van der Waals surface area contributed by atoms with E-state index >= 15 is 0 Å². The van der Waals surface area contributed by atoms with E-state index in [4.69, 9.17) is 0 Å². The molecule has 0 fully saturated rings. The zero-order valence-electron chi connectivity index (χ0n) is 8.83. The lowest BCUT2D eigenvalue weighted by Crippen LogP contribution is -2.47. The van der Waals surface area contributed by atoms with Gasteiger partial charge in [0.1, 0.15) is 6.61 Å². The number of ether oxygens (including phenoxy) is 1. The van der Waals surface area contributed by atoms with Crippen molar-refractivity contribution in [3.05, 3.63) is 0 Å². The molecule has 0 N–H and O–H groups in total. The fraction of sp³-hybridized carbons (Fsp3) is 0.857. The van der Waals surface area contributed by atoms with Crippen molar-refractivity contribution in [2.24, 2.45) is 5.92 Å². The molecule has 0 aromatic heterocycles. The third kappa shape index (κ3) is 4.05. The van der Waals surface area contributed by atoms with Gasteiger partial charge in [-0.3, -0.25) is 4.79 Å². The van der Waals surface area contributed by atoms with E-state index in [2.05, 4.69) is 4.74 Å². The molecule has 5 nitrogen and oxygen atoms in total. The van der Waals surface area contributed by atoms with Crippen molar-refractivity contribution in [1.29, 1.82) is 0 Å². The van der Waals surface area contributed by atoms with Crippen LogP contribution in [0.25, 0.3) is 0 Å². The minimum Gasteiger partial charge on any atom is -0.743 e. The summed E-state index contributed by atoms with van der Waals surface area (Å²) >= 11 is 0. The van der Waals surface area contributed by atoms with Crippen LogP contribution in [0.3, 0.4) is 0 Å². The Balaban J connectivity index is 5.21. The summed E-state index contributed by atoms with van der Waals surface area (Å²) in [4.78, 5) is 10.6. The zero-order valence-corrected chi connectivity index (χ0v) is 9.65. The van der Waals surface area contributed by atoms with E-state index in [1.807, 2.05) is 0 Å². The molecule has 108 valence electrons. The highest BCUT2D eigenvalue weighted by Gasteiger charge is 2.60. The second kappa shape index (κ2) is 5.34. The van der Waals surface area contributed by atoms with Gasteiger partial charge in [-0.2, -0.15) is 22.0 Å². The van der Waals surface area contributed by atoms with Gasteiger partial charge < -0.3 is 9.29 Å². The molecule has 0 saturated heterocycles. The van der Waals surface area contributed by atoms with Crippen molar-refractivity contribution in [3.8, 4) is 0 Å². The summed E-state index contributed by atoms with van der Waals surface area (Å²) in [5.74, 6) is -5.13. The fourth-order valence-electron chi connectivity index (χ4n) is 0.835. The Morgan fingerprint density at radius 3 is 2.00 bits per heavy atom. The summed E-state index contributed by atoms with van der Waals surface area (Å²) in [6, 6.07) is 0. The highest BCUT2D eigenvalue weighted by Crippen LogP contribution is 2.41. The number of halogens is 5. The molecule has 0 heterocycles. The standard InChI is InChI=1S/C7H9F5O5S/c1-2-5(13)17-3-4(6(8,9)10)7(11,12)18(14,15)16/h4H,2-3H2,1H3,(H,14,15,16)/p-1. The molecule has 18 heavy (non-hydrogen) atoms. The highest BCUT2D eigenvalue weighted by molar-refractivity contribution is 7.86. The number of carbonyl (C=O) groups excluding carboxylic acids is 1. The van der Waals surface area contributed by atoms with E-state index in [9.17, 15) is 39.7 Å². The SMILES string of the molecule is CCC(=O)OCC(C(F)(F)F)C(F)(F)S(=O)(=O)[O-]. The molecule has 0 rings (SSSR count). The molecular weight excluding hydrogens is 291 g/mol. The number of hydrogen-bond donors (Lipinski definition) is 0. The lowest BCUT2D eigenvalue weighted by atomic mass is 10.1. The van der Waals surface area contributed by atoms with Crippen molar-refractivity contribution in [3.63, 3.8) is 0 Å². The summed E-state index contributed by atoms with van der Waals surface area (Å²) in [5.41, 5.74) is 0. The first-order chi connectivity index (χ1) is 7.84. The molecule has 0 bridgehead atoms. The second-order valence-corrected chi connectivity index (χ2v) is 4.60. The minimum absolute atomic E-state index is 0.389. The molecular formula is C7H8F5O5S-. The van der Waals surface area contributed by atoms with Crippen LogP contribution < -0.4 is 0 Å². The second-order valence-electron chi connectivity index (χ2n) is 3.15. The maximum Gasteiger partial charge on any atom is 0.401 e. The van der Waals surface area contributed by atoms with Crippen LogP contribution in [0.1, 0.15) is 13.3 Å². The molecule has 11 heteroatoms. The summed E-state index contributed by atoms with van der Waals surface area (Å²) in [5, 5.41) is -5.61. The lowest BCUT2D eigenvalue weighted by molar-refractivity contribution is -0.231. The predicted octanol–water partition coefficient (Wildman–Crippen LogP) is 1.26. The van der Waals surface area contributed by atoms with Crippen molar-refractivity contribution in [2.45, 2.75) is 24.8 Å². The van der Waals surface area contributed by atoms with E-state index < -0.39 is 40.0 Å². The Morgan fingerprint density at radius 1 is 1.28 bits per heavy atom. The quantitative estimate of drug-likeness (QED) is 0.433. The Hall–Kier alpha value is -0.970. The van der Waals surface area contributed by atoms with Crippen LogP contribution in [-0.2, 0) is 19.6 Å². The van der Waals surface area contributed by atoms with Gasteiger partial charge in [-0.1, -0.05) is 6.92 Å². The summed E-state index contributed by atoms with van der Waals surface area (Å²) in [6.45, 7) is -0.752. The Bertz CT molecular complexity index is 401. The summed E-state index contributed by atoms with van der Waals surface area (Å²) in [6.07, 6.45) is -6.10. The Morgan fingerprint density at radius 2 is 1.72 bits per heavy atom. The molecule has 0 aliphatic heterocycles. The van der Waals surface area contributed by atoms with Gasteiger partial charge in [0, 0.05) is 6.42 Å². The van der Waals surface area contributed by atoms with E-state index in [0.29, 0.717) is 0 Å². The van der Waals surface area contributed by atoms with Gasteiger partial charge in [0.25, 0.3) is 0 Å². The van der Waals surface area contributed by atoms with E-state index in [1.54, 1.807) is 0 Å². The fourth-order valence-corrected chi connectivity index (χ4v) is 1.38. The van der Waals surface area contributed by atoms with E-state index in [0.717, 1.165) is 0 Å². The van der Waals surface area contributed by atoms with Gasteiger partial charge in [0.05, 0.1) is 0 Å². The zero-order chi connectivity index (χ0) is 14.8. The van der Waals surface area contributed by atoms with Gasteiger partial charge in [-0.15, -0.1) is 0 Å². The van der Waals surface area contributed by atoms with Crippen molar-refractivity contribution >= 4 is 16.1 Å². The van der Waals surface area contributed by atoms with Crippen LogP contribution in [0.5, 0.6) is 0 Å². The average molecular weight is 299 g/mol. The number of esters is 1. The number of carbonyl (C=O) groups is 1. The summed E-state index contributed by atoms with van der Waals surface area (Å²) < 4.78 is 96.5. The minimum atomic E-state index is -6.53. The molecule has 0 aliphatic carbocycles. The van der Waals surface area contributed by atoms with Crippen LogP contribution in [0.2, 0.25) is 0 Å². The molecule has 0 aliphatic rings. The first-order valence-corrected chi connectivity index (χ1v) is 5.80. The first-order valence-electron chi connectivity index (χ1n) is 4.39. The lowest BCUT2D eigenvalue weighted by Gasteiger charge is -2.29. The van der Waals surface area contributed by atoms with Gasteiger partial charge in [-0.25, -0.2) is 8.42 Å². The van der Waals surface area contributed by atoms with Crippen LogP contribution in [0, 0.1) is 5.92 Å². The third-order valence-electron chi connectivity index (χ3n) is 1.83. The molecule has 0 spiro atoms. The molecule has 1 atom stereocenters. The smallest absolute Gasteiger partial charge is 0.401 e. The van der Waals surface area contributed by atoms with Gasteiger partial charge in [0.2, 0.25) is 0 Å². The molecule has 1 unspecified atom stereocenters. The monoisotopic (exact) mass is 299 g/mol. The molecule has 0 aromatic carbocycles. The van der Waals surface area contributed by atoms with Crippen LogP contribution in [-0.4, -0.2) is 37.0 Å². The Kier molecular flexibility index (Phi) is 5.06. The number of rotatable bonds is 5. The van der Waals surface area contributed by atoms with Crippen LogP contribution in [0.4, 0.5) is 22.0 Å². The van der Waals surface area contributed by atoms with Gasteiger partial charge in [-0.05, 0) is 0 Å². The summed E-state index contributed by atoms with van der Waals surface area (Å²) in [7, 11) is -6.53. The predicted molar refractivity (Wildman–Crippen MR) is 45.4 cm³/mol. The van der Waals surface area contributed by atoms with Crippen molar-refractivity contribution in [1.82, 2.24) is 0 Å². The average Bonchev–Trinajstić information content (AvgIpc) is 2.13. The first kappa shape index (κ1) is 17.0. The molecule has 0 radical (unpaired) electrons. The van der Waals surface area contributed by atoms with E-state index in [-0.39, 0.29) is 6.42 Å². The molecule has 0 aromatic rings. The number of hydrogen-bond acceptors (Lipinski definition) is 5. The number of alkyl halides is 5. The van der Waals surface area contributed by atoms with Crippen molar-refractivity contribution < 1.29 is 44.5 Å². The third-order valence-corrected chi connectivity index (χ3v) is 2.78. The largest absolute Gasteiger partial charge is 0.743 e. The van der Waals surface area contributed by atoms with Crippen molar-refractivity contribution in [2.75, 3.05) is 6.61 Å². The topological polar surface area (TPSA) is 83.5 Å². The normalized spacial score (nSPS) is 15.3. The van der Waals surface area contributed by atoms with Crippen LogP contribution in [0.15, 0.2) is 0 Å². The maximum absolute atomic E-state index is 12.8. The molecule has 0 amide bonds. The Labute approximate surface area is 98.7 Å². The van der Waals surface area contributed by atoms with Gasteiger partial charge >= 0.3 is 17.4 Å². The van der Waals surface area contributed by atoms with Crippen LogP contribution >= 0.6 is 0 Å².